The van der Waals surface area contributed by atoms with Crippen molar-refractivity contribution in [3.63, 3.8) is 0 Å². The van der Waals surface area contributed by atoms with Crippen LogP contribution in [0, 0.1) is 0 Å². The molecule has 1 fully saturated rings. The molecule has 0 bridgehead atoms. The van der Waals surface area contributed by atoms with Crippen molar-refractivity contribution in [3.05, 3.63) is 24.2 Å². The number of amides is 4. The highest BCUT2D eigenvalue weighted by Gasteiger charge is 2.34. The smallest absolute Gasteiger partial charge is 0.327 e. The summed E-state index contributed by atoms with van der Waals surface area (Å²) in [6.45, 7) is 4.30. The van der Waals surface area contributed by atoms with E-state index in [4.69, 9.17) is 4.42 Å². The second-order valence-corrected chi connectivity index (χ2v) is 5.32. The molecule has 1 aromatic rings. The first-order valence-corrected chi connectivity index (χ1v) is 7.43. The predicted octanol–water partition coefficient (Wildman–Crippen LogP) is 1.35. The van der Waals surface area contributed by atoms with E-state index < -0.39 is 6.03 Å². The van der Waals surface area contributed by atoms with Crippen molar-refractivity contribution in [2.45, 2.75) is 39.3 Å². The van der Waals surface area contributed by atoms with Gasteiger partial charge in [0.1, 0.15) is 12.3 Å². The molecular formula is C15H21N3O4. The molecule has 120 valence electrons. The first-order chi connectivity index (χ1) is 10.5. The molecule has 1 unspecified atom stereocenters. The third kappa shape index (κ3) is 3.66. The molecule has 2 rings (SSSR count). The molecule has 0 spiro atoms. The first kappa shape index (κ1) is 16.1. The van der Waals surface area contributed by atoms with Gasteiger partial charge in [-0.3, -0.25) is 14.5 Å². The van der Waals surface area contributed by atoms with Crippen molar-refractivity contribution >= 4 is 17.8 Å². The topological polar surface area (TPSA) is 82.9 Å². The summed E-state index contributed by atoms with van der Waals surface area (Å²) in [5.41, 5.74) is 0. The van der Waals surface area contributed by atoms with Gasteiger partial charge >= 0.3 is 6.03 Å². The number of furan rings is 1. The van der Waals surface area contributed by atoms with Gasteiger partial charge in [0, 0.05) is 19.0 Å². The molecule has 4 amide bonds. The Labute approximate surface area is 129 Å². The number of nitrogens with one attached hydrogen (secondary N) is 1. The standard InChI is InChI=1S/C15H21N3O4/c1-3-11(2)17-7-6-14(20)18(15(17)21)10-13(19)16-9-12-5-4-8-22-12/h4-5,8,11H,3,6-7,9-10H2,1-2H3,(H,16,19). The Hall–Kier alpha value is -2.31. The average Bonchev–Trinajstić information content (AvgIpc) is 3.02. The fourth-order valence-electron chi connectivity index (χ4n) is 2.29. The largest absolute Gasteiger partial charge is 0.467 e. The third-order valence-corrected chi connectivity index (χ3v) is 3.81. The van der Waals surface area contributed by atoms with Gasteiger partial charge in [0.25, 0.3) is 0 Å². The van der Waals surface area contributed by atoms with E-state index in [1.807, 2.05) is 13.8 Å². The molecule has 1 aliphatic heterocycles. The monoisotopic (exact) mass is 307 g/mol. The lowest BCUT2D eigenvalue weighted by Gasteiger charge is -2.37. The van der Waals surface area contributed by atoms with Crippen LogP contribution in [0.15, 0.2) is 22.8 Å². The molecule has 0 aromatic carbocycles. The minimum absolute atomic E-state index is 0.0503. The Morgan fingerprint density at radius 3 is 2.86 bits per heavy atom. The van der Waals surface area contributed by atoms with E-state index in [2.05, 4.69) is 5.32 Å². The lowest BCUT2D eigenvalue weighted by atomic mass is 10.1. The minimum atomic E-state index is -0.390. The highest BCUT2D eigenvalue weighted by molar-refractivity contribution is 6.00. The molecule has 1 N–H and O–H groups in total. The average molecular weight is 307 g/mol. The molecule has 7 heteroatoms. The number of rotatable bonds is 6. The third-order valence-electron chi connectivity index (χ3n) is 3.81. The summed E-state index contributed by atoms with van der Waals surface area (Å²) in [5, 5.41) is 2.63. The van der Waals surface area contributed by atoms with E-state index in [0.29, 0.717) is 12.3 Å². The molecule has 0 saturated carbocycles. The van der Waals surface area contributed by atoms with E-state index in [-0.39, 0.29) is 37.4 Å². The maximum Gasteiger partial charge on any atom is 0.327 e. The van der Waals surface area contributed by atoms with Crippen LogP contribution in [0.1, 0.15) is 32.4 Å². The van der Waals surface area contributed by atoms with E-state index in [9.17, 15) is 14.4 Å². The predicted molar refractivity (Wildman–Crippen MR) is 78.7 cm³/mol. The summed E-state index contributed by atoms with van der Waals surface area (Å²) in [6, 6.07) is 3.12. The van der Waals surface area contributed by atoms with Crippen molar-refractivity contribution in [2.75, 3.05) is 13.1 Å². The van der Waals surface area contributed by atoms with Crippen LogP contribution in [0.2, 0.25) is 0 Å². The molecule has 1 atom stereocenters. The second kappa shape index (κ2) is 7.11. The zero-order valence-electron chi connectivity index (χ0n) is 12.9. The first-order valence-electron chi connectivity index (χ1n) is 7.43. The number of nitrogens with zero attached hydrogens (tertiary/aromatic N) is 2. The lowest BCUT2D eigenvalue weighted by molar-refractivity contribution is -0.136. The summed E-state index contributed by atoms with van der Waals surface area (Å²) in [4.78, 5) is 38.8. The van der Waals surface area contributed by atoms with Crippen LogP contribution >= 0.6 is 0 Å². The molecule has 0 aliphatic carbocycles. The van der Waals surface area contributed by atoms with Crippen LogP contribution < -0.4 is 5.32 Å². The van der Waals surface area contributed by atoms with Crippen molar-refractivity contribution in [2.24, 2.45) is 0 Å². The van der Waals surface area contributed by atoms with Gasteiger partial charge in [-0.15, -0.1) is 0 Å². The molecule has 7 nitrogen and oxygen atoms in total. The van der Waals surface area contributed by atoms with Crippen molar-refractivity contribution in [1.82, 2.24) is 15.1 Å². The summed E-state index contributed by atoms with van der Waals surface area (Å²) in [6.07, 6.45) is 2.57. The molecule has 2 heterocycles. The van der Waals surface area contributed by atoms with Crippen molar-refractivity contribution in [1.29, 1.82) is 0 Å². The number of hydrogen-bond donors (Lipinski definition) is 1. The van der Waals surface area contributed by atoms with Crippen molar-refractivity contribution in [3.8, 4) is 0 Å². The minimum Gasteiger partial charge on any atom is -0.467 e. The molecule has 22 heavy (non-hydrogen) atoms. The second-order valence-electron chi connectivity index (χ2n) is 5.32. The fraction of sp³-hybridized carbons (Fsp3) is 0.533. The number of urea groups is 1. The molecule has 1 aromatic heterocycles. The van der Waals surface area contributed by atoms with Crippen LogP contribution in [-0.2, 0) is 16.1 Å². The van der Waals surface area contributed by atoms with Gasteiger partial charge in [-0.2, -0.15) is 0 Å². The van der Waals surface area contributed by atoms with E-state index in [0.717, 1.165) is 11.3 Å². The highest BCUT2D eigenvalue weighted by atomic mass is 16.3. The van der Waals surface area contributed by atoms with E-state index in [1.165, 1.54) is 6.26 Å². The quantitative estimate of drug-likeness (QED) is 0.860. The fourth-order valence-corrected chi connectivity index (χ4v) is 2.29. The van der Waals surface area contributed by atoms with Gasteiger partial charge in [0.2, 0.25) is 11.8 Å². The molecular weight excluding hydrogens is 286 g/mol. The van der Waals surface area contributed by atoms with Crippen LogP contribution in [0.5, 0.6) is 0 Å². The Morgan fingerprint density at radius 2 is 2.23 bits per heavy atom. The Kier molecular flexibility index (Phi) is 5.19. The van der Waals surface area contributed by atoms with Gasteiger partial charge < -0.3 is 14.6 Å². The lowest BCUT2D eigenvalue weighted by Crippen LogP contribution is -2.57. The van der Waals surface area contributed by atoms with Gasteiger partial charge in [0.05, 0.1) is 12.8 Å². The summed E-state index contributed by atoms with van der Waals surface area (Å²) >= 11 is 0. The van der Waals surface area contributed by atoms with Crippen LogP contribution in [0.4, 0.5) is 4.79 Å². The van der Waals surface area contributed by atoms with Gasteiger partial charge in [-0.1, -0.05) is 6.92 Å². The maximum absolute atomic E-state index is 12.3. The zero-order chi connectivity index (χ0) is 16.1. The van der Waals surface area contributed by atoms with Crippen molar-refractivity contribution < 1.29 is 18.8 Å². The van der Waals surface area contributed by atoms with Gasteiger partial charge in [-0.25, -0.2) is 4.79 Å². The van der Waals surface area contributed by atoms with Crippen LogP contribution in [0.25, 0.3) is 0 Å². The zero-order valence-corrected chi connectivity index (χ0v) is 12.9. The van der Waals surface area contributed by atoms with Gasteiger partial charge in [-0.05, 0) is 25.5 Å². The van der Waals surface area contributed by atoms with Gasteiger partial charge in [0.15, 0.2) is 0 Å². The number of carbonyl (C=O) groups is 3. The Morgan fingerprint density at radius 1 is 1.45 bits per heavy atom. The number of imide groups is 1. The Balaban J connectivity index is 1.92. The SMILES string of the molecule is CCC(C)N1CCC(=O)N(CC(=O)NCc2ccco2)C1=O. The van der Waals surface area contributed by atoms with Crippen LogP contribution in [0.3, 0.4) is 0 Å². The summed E-state index contributed by atoms with van der Waals surface area (Å²) in [7, 11) is 0. The normalized spacial score (nSPS) is 16.8. The number of hydrogen-bond acceptors (Lipinski definition) is 4. The van der Waals surface area contributed by atoms with E-state index in [1.54, 1.807) is 17.0 Å². The molecule has 0 radical (unpaired) electrons. The number of carbonyl (C=O) groups excluding carboxylic acids is 3. The molecule has 1 saturated heterocycles. The summed E-state index contributed by atoms with van der Waals surface area (Å²) < 4.78 is 5.11. The van der Waals surface area contributed by atoms with Crippen LogP contribution in [-0.4, -0.2) is 46.8 Å². The van der Waals surface area contributed by atoms with E-state index >= 15 is 0 Å². The molecule has 1 aliphatic rings. The maximum atomic E-state index is 12.3. The summed E-state index contributed by atoms with van der Waals surface area (Å²) in [5.74, 6) is -0.0762. The highest BCUT2D eigenvalue weighted by Crippen LogP contribution is 2.15. The Bertz CT molecular complexity index is 541.